The van der Waals surface area contributed by atoms with Gasteiger partial charge in [-0.25, -0.2) is 9.97 Å². The summed E-state index contributed by atoms with van der Waals surface area (Å²) in [4.78, 5) is 8.35. The highest BCUT2D eigenvalue weighted by molar-refractivity contribution is 5.85. The second-order valence-electron chi connectivity index (χ2n) is 4.30. The van der Waals surface area contributed by atoms with Gasteiger partial charge in [-0.1, -0.05) is 0 Å². The fraction of sp³-hybridized carbons (Fsp3) is 0.333. The summed E-state index contributed by atoms with van der Waals surface area (Å²) in [5.74, 6) is 0.780. The van der Waals surface area contributed by atoms with E-state index in [0.29, 0.717) is 6.54 Å². The van der Waals surface area contributed by atoms with Gasteiger partial charge in [-0.3, -0.25) is 9.78 Å². The summed E-state index contributed by atoms with van der Waals surface area (Å²) in [7, 11) is 0. The molecular weight excluding hydrogens is 242 g/mol. The van der Waals surface area contributed by atoms with Gasteiger partial charge < -0.3 is 5.32 Å². The molecular formula is C12H15N7. The first kappa shape index (κ1) is 11.6. The van der Waals surface area contributed by atoms with E-state index in [4.69, 9.17) is 0 Å². The highest BCUT2D eigenvalue weighted by Crippen LogP contribution is 2.17. The fourth-order valence-corrected chi connectivity index (χ4v) is 1.98. The Morgan fingerprint density at radius 1 is 1.37 bits per heavy atom. The number of aryl methyl sites for hydroxylation is 2. The molecule has 0 radical (unpaired) electrons. The van der Waals surface area contributed by atoms with Gasteiger partial charge in [0, 0.05) is 24.8 Å². The molecule has 0 fully saturated rings. The molecule has 0 bridgehead atoms. The number of nitrogens with one attached hydrogen (secondary N) is 2. The van der Waals surface area contributed by atoms with Crippen LogP contribution in [0.5, 0.6) is 0 Å². The Morgan fingerprint density at radius 3 is 3.05 bits per heavy atom. The number of aromatic amines is 1. The third-order valence-electron chi connectivity index (χ3n) is 3.07. The van der Waals surface area contributed by atoms with Crippen molar-refractivity contribution in [1.29, 1.82) is 0 Å². The second kappa shape index (κ2) is 4.68. The Bertz CT molecular complexity index is 697. The van der Waals surface area contributed by atoms with Crippen molar-refractivity contribution in [1.82, 2.24) is 29.9 Å². The predicted octanol–water partition coefficient (Wildman–Crippen LogP) is 1.49. The van der Waals surface area contributed by atoms with Crippen molar-refractivity contribution < 1.29 is 0 Å². The van der Waals surface area contributed by atoms with Gasteiger partial charge in [-0.2, -0.15) is 10.2 Å². The van der Waals surface area contributed by atoms with Gasteiger partial charge in [0.05, 0.1) is 17.3 Å². The van der Waals surface area contributed by atoms with Crippen LogP contribution in [0.4, 0.5) is 5.82 Å². The van der Waals surface area contributed by atoms with Crippen LogP contribution in [0.15, 0.2) is 18.7 Å². The summed E-state index contributed by atoms with van der Waals surface area (Å²) >= 11 is 0. The number of aromatic nitrogens is 6. The van der Waals surface area contributed by atoms with Gasteiger partial charge in [-0.05, 0) is 13.8 Å². The maximum Gasteiger partial charge on any atom is 0.160 e. The zero-order valence-electron chi connectivity index (χ0n) is 10.9. The van der Waals surface area contributed by atoms with Crippen molar-refractivity contribution in [3.8, 4) is 0 Å². The lowest BCUT2D eigenvalue weighted by molar-refractivity contribution is 0.653. The largest absolute Gasteiger partial charge is 0.365 e. The third kappa shape index (κ3) is 2.14. The average molecular weight is 257 g/mol. The minimum Gasteiger partial charge on any atom is -0.365 e. The second-order valence-corrected chi connectivity index (χ2v) is 4.30. The van der Waals surface area contributed by atoms with Gasteiger partial charge in [-0.15, -0.1) is 0 Å². The van der Waals surface area contributed by atoms with Crippen molar-refractivity contribution in [3.05, 3.63) is 30.0 Å². The van der Waals surface area contributed by atoms with Crippen molar-refractivity contribution in [2.75, 3.05) is 5.32 Å². The molecule has 0 aliphatic heterocycles. The van der Waals surface area contributed by atoms with Crippen LogP contribution in [0.25, 0.3) is 11.0 Å². The highest BCUT2D eigenvalue weighted by Gasteiger charge is 2.07. The Morgan fingerprint density at radius 2 is 2.26 bits per heavy atom. The molecule has 0 spiro atoms. The molecule has 19 heavy (non-hydrogen) atoms. The van der Waals surface area contributed by atoms with E-state index in [0.717, 1.165) is 34.7 Å². The van der Waals surface area contributed by atoms with Crippen LogP contribution in [0.3, 0.4) is 0 Å². The van der Waals surface area contributed by atoms with Gasteiger partial charge in [0.15, 0.2) is 5.65 Å². The van der Waals surface area contributed by atoms with Crippen LogP contribution in [0, 0.1) is 6.92 Å². The first-order valence-corrected chi connectivity index (χ1v) is 6.19. The number of H-pyrrole nitrogens is 1. The Hall–Kier alpha value is -2.44. The Balaban J connectivity index is 1.82. The van der Waals surface area contributed by atoms with E-state index in [9.17, 15) is 0 Å². The summed E-state index contributed by atoms with van der Waals surface area (Å²) < 4.78 is 1.93. The number of anilines is 1. The molecule has 0 aromatic carbocycles. The monoisotopic (exact) mass is 257 g/mol. The topological polar surface area (TPSA) is 84.3 Å². The summed E-state index contributed by atoms with van der Waals surface area (Å²) in [5, 5.41) is 15.4. The zero-order chi connectivity index (χ0) is 13.2. The van der Waals surface area contributed by atoms with E-state index in [1.807, 2.05) is 11.6 Å². The molecule has 3 aromatic rings. The average Bonchev–Trinajstić information content (AvgIpc) is 3.02. The minimum absolute atomic E-state index is 0.684. The fourth-order valence-electron chi connectivity index (χ4n) is 1.98. The standard InChI is InChI=1S/C12H15N7/c1-3-19-6-9(8(2)18-19)4-13-11-10-5-16-17-12(10)15-7-14-11/h5-7H,3-4H2,1-2H3,(H2,13,14,15,16,17). The molecule has 98 valence electrons. The molecule has 0 aliphatic carbocycles. The molecule has 0 aliphatic rings. The van der Waals surface area contributed by atoms with Crippen molar-refractivity contribution in [2.45, 2.75) is 26.9 Å². The number of fused-ring (bicyclic) bond motifs is 1. The lowest BCUT2D eigenvalue weighted by Crippen LogP contribution is -2.02. The summed E-state index contributed by atoms with van der Waals surface area (Å²) in [6, 6.07) is 0. The zero-order valence-corrected chi connectivity index (χ0v) is 10.9. The Labute approximate surface area is 110 Å². The maximum atomic E-state index is 4.42. The van der Waals surface area contributed by atoms with Crippen LogP contribution in [-0.2, 0) is 13.1 Å². The lowest BCUT2D eigenvalue weighted by atomic mass is 10.2. The van der Waals surface area contributed by atoms with Crippen LogP contribution in [-0.4, -0.2) is 29.9 Å². The number of hydrogen-bond acceptors (Lipinski definition) is 5. The van der Waals surface area contributed by atoms with E-state index in [1.165, 1.54) is 6.33 Å². The molecule has 7 nitrogen and oxygen atoms in total. The van der Waals surface area contributed by atoms with Crippen LogP contribution in [0.1, 0.15) is 18.2 Å². The molecule has 0 saturated carbocycles. The van der Waals surface area contributed by atoms with Gasteiger partial charge in [0.2, 0.25) is 0 Å². The number of nitrogens with zero attached hydrogens (tertiary/aromatic N) is 5. The van der Waals surface area contributed by atoms with Crippen LogP contribution >= 0.6 is 0 Å². The predicted molar refractivity (Wildman–Crippen MR) is 71.6 cm³/mol. The first-order valence-electron chi connectivity index (χ1n) is 6.19. The minimum atomic E-state index is 0.684. The van der Waals surface area contributed by atoms with Crippen molar-refractivity contribution in [3.63, 3.8) is 0 Å². The summed E-state index contributed by atoms with van der Waals surface area (Å²) in [6.45, 7) is 5.64. The van der Waals surface area contributed by atoms with E-state index in [1.54, 1.807) is 6.20 Å². The Kier molecular flexibility index (Phi) is 2.86. The lowest BCUT2D eigenvalue weighted by Gasteiger charge is -2.04. The molecule has 3 rings (SSSR count). The quantitative estimate of drug-likeness (QED) is 0.739. The molecule has 0 unspecified atom stereocenters. The first-order chi connectivity index (χ1) is 9.28. The summed E-state index contributed by atoms with van der Waals surface area (Å²) in [6.07, 6.45) is 5.29. The number of hydrogen-bond donors (Lipinski definition) is 2. The third-order valence-corrected chi connectivity index (χ3v) is 3.07. The molecule has 3 aromatic heterocycles. The maximum absolute atomic E-state index is 4.42. The van der Waals surface area contributed by atoms with Gasteiger partial charge in [0.25, 0.3) is 0 Å². The van der Waals surface area contributed by atoms with E-state index in [2.05, 4.69) is 43.7 Å². The molecule has 2 N–H and O–H groups in total. The van der Waals surface area contributed by atoms with Crippen molar-refractivity contribution >= 4 is 16.9 Å². The van der Waals surface area contributed by atoms with Gasteiger partial charge >= 0.3 is 0 Å². The smallest absolute Gasteiger partial charge is 0.160 e. The molecule has 0 saturated heterocycles. The van der Waals surface area contributed by atoms with E-state index < -0.39 is 0 Å². The van der Waals surface area contributed by atoms with Crippen molar-refractivity contribution in [2.24, 2.45) is 0 Å². The molecule has 0 atom stereocenters. The van der Waals surface area contributed by atoms with E-state index in [-0.39, 0.29) is 0 Å². The SMILES string of the molecule is CCn1cc(CNc2ncnc3[nH]ncc23)c(C)n1. The normalized spacial score (nSPS) is 11.1. The van der Waals surface area contributed by atoms with Crippen LogP contribution < -0.4 is 5.32 Å². The molecule has 7 heteroatoms. The molecule has 3 heterocycles. The van der Waals surface area contributed by atoms with E-state index >= 15 is 0 Å². The van der Waals surface area contributed by atoms with Crippen LogP contribution in [0.2, 0.25) is 0 Å². The highest BCUT2D eigenvalue weighted by atomic mass is 15.3. The molecule has 0 amide bonds. The number of rotatable bonds is 4. The van der Waals surface area contributed by atoms with Gasteiger partial charge in [0.1, 0.15) is 12.1 Å². The summed E-state index contributed by atoms with van der Waals surface area (Å²) in [5.41, 5.74) is 2.93.